The second-order valence-corrected chi connectivity index (χ2v) is 7.75. The van der Waals surface area contributed by atoms with Crippen LogP contribution in [0.3, 0.4) is 0 Å². The van der Waals surface area contributed by atoms with Crippen molar-refractivity contribution >= 4 is 27.6 Å². The summed E-state index contributed by atoms with van der Waals surface area (Å²) >= 11 is 0. The average Bonchev–Trinajstić information content (AvgIpc) is 2.65. The van der Waals surface area contributed by atoms with Crippen LogP contribution in [-0.2, 0) is 26.1 Å². The average molecular weight is 406 g/mol. The Balaban J connectivity index is 2.01. The first-order chi connectivity index (χ1) is 13.2. The molecule has 150 valence electrons. The lowest BCUT2D eigenvalue weighted by Crippen LogP contribution is -2.35. The summed E-state index contributed by atoms with van der Waals surface area (Å²) in [4.78, 5) is 24.6. The van der Waals surface area contributed by atoms with Crippen LogP contribution >= 0.6 is 0 Å². The van der Waals surface area contributed by atoms with E-state index < -0.39 is 28.0 Å². The van der Waals surface area contributed by atoms with Crippen molar-refractivity contribution in [3.63, 3.8) is 0 Å². The summed E-state index contributed by atoms with van der Waals surface area (Å²) in [6.07, 6.45) is -0.100. The normalized spacial score (nSPS) is 12.0. The summed E-state index contributed by atoms with van der Waals surface area (Å²) < 4.78 is 35.5. The first-order valence-corrected chi connectivity index (χ1v) is 10.3. The van der Waals surface area contributed by atoms with Gasteiger partial charge in [0, 0.05) is 12.1 Å². The Morgan fingerprint density at radius 3 is 2.39 bits per heavy atom. The highest BCUT2D eigenvalue weighted by Gasteiger charge is 2.21. The molecular formula is C19H22N2O6S. The largest absolute Gasteiger partial charge is 0.496 e. The van der Waals surface area contributed by atoms with Crippen molar-refractivity contribution in [1.29, 1.82) is 0 Å². The van der Waals surface area contributed by atoms with Crippen molar-refractivity contribution in [3.05, 3.63) is 59.7 Å². The van der Waals surface area contributed by atoms with E-state index in [-0.39, 0.29) is 17.8 Å². The first-order valence-electron chi connectivity index (χ1n) is 8.38. The van der Waals surface area contributed by atoms with Crippen LogP contribution in [0.15, 0.2) is 48.5 Å². The van der Waals surface area contributed by atoms with E-state index in [0.717, 1.165) is 11.8 Å². The lowest BCUT2D eigenvalue weighted by Gasteiger charge is -2.16. The first kappa shape index (κ1) is 21.2. The van der Waals surface area contributed by atoms with Gasteiger partial charge < -0.3 is 14.8 Å². The molecule has 2 aromatic rings. The maximum Gasteiger partial charge on any atom is 0.341 e. The third-order valence-corrected chi connectivity index (χ3v) is 4.33. The Morgan fingerprint density at radius 2 is 1.71 bits per heavy atom. The van der Waals surface area contributed by atoms with Gasteiger partial charge in [0.05, 0.1) is 24.6 Å². The smallest absolute Gasteiger partial charge is 0.341 e. The van der Waals surface area contributed by atoms with E-state index in [1.54, 1.807) is 18.2 Å². The molecule has 0 saturated heterocycles. The molecule has 1 amide bonds. The predicted octanol–water partition coefficient (Wildman–Crippen LogP) is 1.93. The van der Waals surface area contributed by atoms with Crippen LogP contribution < -0.4 is 14.8 Å². The number of benzene rings is 2. The number of sulfonamides is 1. The number of anilines is 1. The molecule has 0 aliphatic carbocycles. The van der Waals surface area contributed by atoms with Gasteiger partial charge in [0.1, 0.15) is 5.75 Å². The van der Waals surface area contributed by atoms with Gasteiger partial charge in [0.15, 0.2) is 6.10 Å². The Hall–Kier alpha value is -3.07. The number of hydrogen-bond acceptors (Lipinski definition) is 6. The number of para-hydroxylation sites is 2. The molecule has 0 unspecified atom stereocenters. The molecule has 0 saturated carbocycles. The molecule has 9 heteroatoms. The van der Waals surface area contributed by atoms with Crippen LogP contribution in [0.2, 0.25) is 0 Å². The number of nitrogens with one attached hydrogen (secondary N) is 2. The van der Waals surface area contributed by atoms with Crippen molar-refractivity contribution in [2.24, 2.45) is 0 Å². The van der Waals surface area contributed by atoms with Crippen molar-refractivity contribution < 1.29 is 27.5 Å². The maximum atomic E-state index is 12.4. The molecule has 0 bridgehead atoms. The lowest BCUT2D eigenvalue weighted by molar-refractivity contribution is -0.129. The fourth-order valence-electron chi connectivity index (χ4n) is 2.40. The van der Waals surface area contributed by atoms with Crippen LogP contribution in [0.25, 0.3) is 0 Å². The van der Waals surface area contributed by atoms with Gasteiger partial charge >= 0.3 is 5.97 Å². The fraction of sp³-hybridized carbons (Fsp3) is 0.263. The maximum absolute atomic E-state index is 12.4. The summed E-state index contributed by atoms with van der Waals surface area (Å²) in [6.45, 7) is 1.64. The summed E-state index contributed by atoms with van der Waals surface area (Å²) in [5.74, 6) is -0.673. The van der Waals surface area contributed by atoms with Gasteiger partial charge in [-0.15, -0.1) is 0 Å². The van der Waals surface area contributed by atoms with Gasteiger partial charge in [0.2, 0.25) is 10.0 Å². The molecule has 2 rings (SSSR count). The van der Waals surface area contributed by atoms with Crippen LogP contribution in [0.1, 0.15) is 22.8 Å². The van der Waals surface area contributed by atoms with Gasteiger partial charge in [-0.3, -0.25) is 9.52 Å². The van der Waals surface area contributed by atoms with Crippen molar-refractivity contribution in [1.82, 2.24) is 5.32 Å². The summed E-state index contributed by atoms with van der Waals surface area (Å²) in [5.41, 5.74) is 0.869. The highest BCUT2D eigenvalue weighted by Crippen LogP contribution is 2.19. The molecule has 0 aromatic heterocycles. The molecular weight excluding hydrogens is 384 g/mol. The zero-order chi connectivity index (χ0) is 20.7. The highest BCUT2D eigenvalue weighted by atomic mass is 32.2. The van der Waals surface area contributed by atoms with E-state index in [4.69, 9.17) is 9.47 Å². The summed E-state index contributed by atoms with van der Waals surface area (Å²) in [5, 5.41) is 2.68. The summed E-state index contributed by atoms with van der Waals surface area (Å²) in [7, 11) is -2.04. The quantitative estimate of drug-likeness (QED) is 0.648. The number of amides is 1. The minimum atomic E-state index is -3.57. The van der Waals surface area contributed by atoms with Gasteiger partial charge in [-0.2, -0.15) is 0 Å². The Labute approximate surface area is 163 Å². The number of hydrogen-bond donors (Lipinski definition) is 2. The van der Waals surface area contributed by atoms with E-state index in [1.807, 2.05) is 18.2 Å². The van der Waals surface area contributed by atoms with E-state index in [2.05, 4.69) is 10.0 Å². The van der Waals surface area contributed by atoms with Crippen LogP contribution in [0.5, 0.6) is 5.75 Å². The molecule has 2 N–H and O–H groups in total. The molecule has 0 aliphatic rings. The Kier molecular flexibility index (Phi) is 7.00. The van der Waals surface area contributed by atoms with E-state index in [9.17, 15) is 18.0 Å². The van der Waals surface area contributed by atoms with Gasteiger partial charge in [-0.1, -0.05) is 30.3 Å². The topological polar surface area (TPSA) is 111 Å². The fourth-order valence-corrected chi connectivity index (χ4v) is 2.98. The van der Waals surface area contributed by atoms with Gasteiger partial charge in [-0.25, -0.2) is 13.2 Å². The number of methoxy groups -OCH3 is 1. The monoisotopic (exact) mass is 406 g/mol. The van der Waals surface area contributed by atoms with Crippen LogP contribution in [-0.4, -0.2) is 39.8 Å². The number of carbonyl (C=O) groups is 2. The zero-order valence-corrected chi connectivity index (χ0v) is 16.6. The van der Waals surface area contributed by atoms with Crippen molar-refractivity contribution in [2.75, 3.05) is 18.1 Å². The SMILES string of the molecule is COc1ccccc1CNC(=O)[C@H](C)OC(=O)c1ccccc1NS(C)(=O)=O. The molecule has 0 radical (unpaired) electrons. The second kappa shape index (κ2) is 9.23. The molecule has 0 fully saturated rings. The van der Waals surface area contributed by atoms with Crippen molar-refractivity contribution in [2.45, 2.75) is 19.6 Å². The minimum Gasteiger partial charge on any atom is -0.496 e. The summed E-state index contributed by atoms with van der Waals surface area (Å²) in [6, 6.07) is 13.2. The van der Waals surface area contributed by atoms with E-state index in [1.165, 1.54) is 26.2 Å². The predicted molar refractivity (Wildman–Crippen MR) is 105 cm³/mol. The second-order valence-electron chi connectivity index (χ2n) is 6.00. The lowest BCUT2D eigenvalue weighted by atomic mass is 10.2. The highest BCUT2D eigenvalue weighted by molar-refractivity contribution is 7.92. The Morgan fingerprint density at radius 1 is 1.07 bits per heavy atom. The van der Waals surface area contributed by atoms with Crippen molar-refractivity contribution in [3.8, 4) is 5.75 Å². The molecule has 2 aromatic carbocycles. The third-order valence-electron chi connectivity index (χ3n) is 3.74. The van der Waals surface area contributed by atoms with Crippen LogP contribution in [0.4, 0.5) is 5.69 Å². The third kappa shape index (κ3) is 5.98. The molecule has 0 spiro atoms. The van der Waals surface area contributed by atoms with E-state index >= 15 is 0 Å². The number of carbonyl (C=O) groups excluding carboxylic acids is 2. The molecule has 0 aliphatic heterocycles. The van der Waals surface area contributed by atoms with Gasteiger partial charge in [-0.05, 0) is 25.1 Å². The van der Waals surface area contributed by atoms with E-state index in [0.29, 0.717) is 5.75 Å². The Bertz CT molecular complexity index is 958. The number of esters is 1. The van der Waals surface area contributed by atoms with Gasteiger partial charge in [0.25, 0.3) is 5.91 Å². The molecule has 28 heavy (non-hydrogen) atoms. The molecule has 8 nitrogen and oxygen atoms in total. The zero-order valence-electron chi connectivity index (χ0n) is 15.8. The minimum absolute atomic E-state index is 0.0114. The standard InChI is InChI=1S/C19H22N2O6S/c1-13(18(22)20-12-14-8-4-7-11-17(14)26-2)27-19(23)15-9-5-6-10-16(15)21-28(3,24)25/h4-11,13,21H,12H2,1-3H3,(H,20,22)/t13-/m0/s1. The number of ether oxygens (including phenoxy) is 2. The number of rotatable bonds is 8. The molecule has 1 atom stereocenters. The molecule has 0 heterocycles. The van der Waals surface area contributed by atoms with Crippen LogP contribution in [0, 0.1) is 0 Å².